The van der Waals surface area contributed by atoms with Gasteiger partial charge in [0.05, 0.1) is 0 Å². The standard InChI is InChI=1S/C16H27ClN2O2/c17-10-4-7-15(20)19-11-8-14(9-12-19)18-16(21)13-5-2-1-3-6-13/h13-14H,1-12H2,(H,18,21). The van der Waals surface area contributed by atoms with Crippen LogP contribution in [0.15, 0.2) is 0 Å². The summed E-state index contributed by atoms with van der Waals surface area (Å²) in [6.45, 7) is 1.52. The molecule has 1 saturated heterocycles. The van der Waals surface area contributed by atoms with Crippen LogP contribution in [0.25, 0.3) is 0 Å². The van der Waals surface area contributed by atoms with E-state index in [1.54, 1.807) is 0 Å². The molecule has 0 aromatic heterocycles. The molecule has 2 amide bonds. The maximum atomic E-state index is 12.2. The number of alkyl halides is 1. The number of piperidine rings is 1. The lowest BCUT2D eigenvalue weighted by Gasteiger charge is -2.33. The highest BCUT2D eigenvalue weighted by Crippen LogP contribution is 2.24. The van der Waals surface area contributed by atoms with Crippen LogP contribution in [0.3, 0.4) is 0 Å². The van der Waals surface area contributed by atoms with E-state index in [1.807, 2.05) is 4.90 Å². The number of hydrogen-bond donors (Lipinski definition) is 1. The lowest BCUT2D eigenvalue weighted by molar-refractivity contribution is -0.132. The first-order valence-corrected chi connectivity index (χ1v) is 8.88. The molecule has 120 valence electrons. The molecule has 5 heteroatoms. The van der Waals surface area contributed by atoms with Gasteiger partial charge >= 0.3 is 0 Å². The molecular formula is C16H27ClN2O2. The molecule has 0 aromatic carbocycles. The number of likely N-dealkylation sites (tertiary alicyclic amines) is 1. The molecule has 1 saturated carbocycles. The molecule has 0 radical (unpaired) electrons. The quantitative estimate of drug-likeness (QED) is 0.793. The lowest BCUT2D eigenvalue weighted by atomic mass is 9.88. The molecule has 1 N–H and O–H groups in total. The first kappa shape index (κ1) is 16.6. The summed E-state index contributed by atoms with van der Waals surface area (Å²) in [6.07, 6.45) is 8.78. The molecule has 1 aliphatic carbocycles. The number of halogens is 1. The van der Waals surface area contributed by atoms with E-state index in [9.17, 15) is 9.59 Å². The minimum atomic E-state index is 0.202. The van der Waals surface area contributed by atoms with Gasteiger partial charge < -0.3 is 10.2 Å². The van der Waals surface area contributed by atoms with Crippen LogP contribution in [0.1, 0.15) is 57.8 Å². The van der Waals surface area contributed by atoms with Gasteiger partial charge in [-0.2, -0.15) is 0 Å². The molecular weight excluding hydrogens is 288 g/mol. The highest BCUT2D eigenvalue weighted by molar-refractivity contribution is 6.17. The second-order valence-electron chi connectivity index (χ2n) is 6.29. The number of carbonyl (C=O) groups is 2. The fourth-order valence-electron chi connectivity index (χ4n) is 3.33. The van der Waals surface area contributed by atoms with E-state index in [0.29, 0.717) is 12.3 Å². The second-order valence-corrected chi connectivity index (χ2v) is 6.67. The Morgan fingerprint density at radius 1 is 1.05 bits per heavy atom. The average molecular weight is 315 g/mol. The Bertz CT molecular complexity index is 348. The summed E-state index contributed by atoms with van der Waals surface area (Å²) in [5.41, 5.74) is 0. The van der Waals surface area contributed by atoms with Crippen LogP contribution >= 0.6 is 11.6 Å². The van der Waals surface area contributed by atoms with Gasteiger partial charge in [-0.3, -0.25) is 9.59 Å². The van der Waals surface area contributed by atoms with Crippen molar-refractivity contribution in [3.63, 3.8) is 0 Å². The topological polar surface area (TPSA) is 49.4 Å². The normalized spacial score (nSPS) is 21.3. The van der Waals surface area contributed by atoms with E-state index in [4.69, 9.17) is 11.6 Å². The van der Waals surface area contributed by atoms with Crippen LogP contribution in [0.5, 0.6) is 0 Å². The summed E-state index contributed by atoms with van der Waals surface area (Å²) in [6, 6.07) is 0.247. The van der Waals surface area contributed by atoms with Crippen LogP contribution in [0, 0.1) is 5.92 Å². The average Bonchev–Trinajstić information content (AvgIpc) is 2.54. The molecule has 0 spiro atoms. The molecule has 2 fully saturated rings. The zero-order valence-corrected chi connectivity index (χ0v) is 13.5. The number of amides is 2. The predicted molar refractivity (Wildman–Crippen MR) is 84.3 cm³/mol. The number of nitrogens with zero attached hydrogens (tertiary/aromatic N) is 1. The minimum Gasteiger partial charge on any atom is -0.353 e. The minimum absolute atomic E-state index is 0.202. The van der Waals surface area contributed by atoms with E-state index < -0.39 is 0 Å². The summed E-state index contributed by atoms with van der Waals surface area (Å²) in [4.78, 5) is 26.0. The Hall–Kier alpha value is -0.770. The van der Waals surface area contributed by atoms with Crippen LogP contribution < -0.4 is 5.32 Å². The van der Waals surface area contributed by atoms with Gasteiger partial charge in [-0.05, 0) is 32.1 Å². The molecule has 2 rings (SSSR count). The van der Waals surface area contributed by atoms with Crippen LogP contribution in [0.2, 0.25) is 0 Å². The molecule has 1 heterocycles. The van der Waals surface area contributed by atoms with Crippen molar-refractivity contribution in [1.29, 1.82) is 0 Å². The van der Waals surface area contributed by atoms with Gasteiger partial charge in [-0.25, -0.2) is 0 Å². The van der Waals surface area contributed by atoms with E-state index in [0.717, 1.165) is 45.2 Å². The van der Waals surface area contributed by atoms with Crippen molar-refractivity contribution in [2.75, 3.05) is 19.0 Å². The Morgan fingerprint density at radius 2 is 1.71 bits per heavy atom. The Labute approximate surface area is 132 Å². The van der Waals surface area contributed by atoms with E-state index >= 15 is 0 Å². The van der Waals surface area contributed by atoms with Crippen LogP contribution in [-0.4, -0.2) is 41.7 Å². The van der Waals surface area contributed by atoms with Gasteiger partial charge in [0.2, 0.25) is 11.8 Å². The van der Waals surface area contributed by atoms with Crippen molar-refractivity contribution >= 4 is 23.4 Å². The summed E-state index contributed by atoms with van der Waals surface area (Å²) in [7, 11) is 0. The number of carbonyl (C=O) groups excluding carboxylic acids is 2. The smallest absolute Gasteiger partial charge is 0.223 e. The molecule has 2 aliphatic rings. The Balaban J connectivity index is 1.68. The number of hydrogen-bond acceptors (Lipinski definition) is 2. The first-order chi connectivity index (χ1) is 10.2. The zero-order valence-electron chi connectivity index (χ0n) is 12.8. The fraction of sp³-hybridized carbons (Fsp3) is 0.875. The summed E-state index contributed by atoms with van der Waals surface area (Å²) < 4.78 is 0. The van der Waals surface area contributed by atoms with Crippen molar-refractivity contribution in [1.82, 2.24) is 10.2 Å². The van der Waals surface area contributed by atoms with Gasteiger partial charge in [0.1, 0.15) is 0 Å². The zero-order chi connectivity index (χ0) is 15.1. The summed E-state index contributed by atoms with van der Waals surface area (Å²) in [5, 5.41) is 3.19. The first-order valence-electron chi connectivity index (χ1n) is 8.35. The maximum absolute atomic E-state index is 12.2. The monoisotopic (exact) mass is 314 g/mol. The molecule has 0 atom stereocenters. The molecule has 0 aromatic rings. The third-order valence-electron chi connectivity index (χ3n) is 4.69. The Morgan fingerprint density at radius 3 is 2.33 bits per heavy atom. The summed E-state index contributed by atoms with van der Waals surface area (Å²) >= 11 is 5.62. The second kappa shape index (κ2) is 8.62. The van der Waals surface area contributed by atoms with Gasteiger partial charge in [0.15, 0.2) is 0 Å². The Kier molecular flexibility index (Phi) is 6.81. The van der Waals surface area contributed by atoms with Gasteiger partial charge in [0, 0.05) is 37.4 Å². The predicted octanol–water partition coefficient (Wildman–Crippen LogP) is 2.69. The number of nitrogens with one attached hydrogen (secondary N) is 1. The fourth-order valence-corrected chi connectivity index (χ4v) is 3.47. The van der Waals surface area contributed by atoms with Crippen molar-refractivity contribution in [2.45, 2.75) is 63.8 Å². The van der Waals surface area contributed by atoms with Crippen LogP contribution in [0.4, 0.5) is 0 Å². The third kappa shape index (κ3) is 5.17. The van der Waals surface area contributed by atoms with E-state index in [-0.39, 0.29) is 23.8 Å². The number of rotatable bonds is 5. The highest BCUT2D eigenvalue weighted by atomic mass is 35.5. The van der Waals surface area contributed by atoms with Crippen molar-refractivity contribution in [3.05, 3.63) is 0 Å². The van der Waals surface area contributed by atoms with Crippen LogP contribution in [-0.2, 0) is 9.59 Å². The molecule has 0 bridgehead atoms. The van der Waals surface area contributed by atoms with Crippen molar-refractivity contribution in [3.8, 4) is 0 Å². The van der Waals surface area contributed by atoms with Crippen molar-refractivity contribution in [2.24, 2.45) is 5.92 Å². The van der Waals surface area contributed by atoms with Crippen molar-refractivity contribution < 1.29 is 9.59 Å². The SMILES string of the molecule is O=C(NC1CCN(C(=O)CCCCl)CC1)C1CCCCC1. The van der Waals surface area contributed by atoms with Gasteiger partial charge in [-0.1, -0.05) is 19.3 Å². The maximum Gasteiger partial charge on any atom is 0.223 e. The molecule has 0 unspecified atom stereocenters. The lowest BCUT2D eigenvalue weighted by Crippen LogP contribution is -2.48. The van der Waals surface area contributed by atoms with E-state index in [2.05, 4.69) is 5.32 Å². The summed E-state index contributed by atoms with van der Waals surface area (Å²) in [5.74, 6) is 1.20. The third-order valence-corrected chi connectivity index (χ3v) is 4.96. The highest BCUT2D eigenvalue weighted by Gasteiger charge is 2.26. The molecule has 4 nitrogen and oxygen atoms in total. The molecule has 21 heavy (non-hydrogen) atoms. The van der Waals surface area contributed by atoms with Gasteiger partial charge in [-0.15, -0.1) is 11.6 Å². The van der Waals surface area contributed by atoms with Gasteiger partial charge in [0.25, 0.3) is 0 Å². The molecule has 1 aliphatic heterocycles. The largest absolute Gasteiger partial charge is 0.353 e. The van der Waals surface area contributed by atoms with E-state index in [1.165, 1.54) is 19.3 Å².